The van der Waals surface area contributed by atoms with Crippen molar-refractivity contribution >= 4 is 17.9 Å². The summed E-state index contributed by atoms with van der Waals surface area (Å²) in [5.41, 5.74) is -0.123. The third-order valence-electron chi connectivity index (χ3n) is 2.60. The zero-order chi connectivity index (χ0) is 13.2. The Kier molecular flexibility index (Phi) is 3.89. The van der Waals surface area contributed by atoms with Crippen LogP contribution in [0.25, 0.3) is 0 Å². The first-order valence-electron chi connectivity index (χ1n) is 5.44. The molecule has 0 unspecified atom stereocenters. The Hall–Kier alpha value is -1.11. The highest BCUT2D eigenvalue weighted by Gasteiger charge is 2.33. The molecule has 1 aromatic rings. The first-order chi connectivity index (χ1) is 8.54. The van der Waals surface area contributed by atoms with Crippen molar-refractivity contribution < 1.29 is 18.7 Å². The van der Waals surface area contributed by atoms with Gasteiger partial charge in [-0.15, -0.1) is 0 Å². The van der Waals surface area contributed by atoms with Crippen LogP contribution in [0, 0.1) is 5.82 Å². The molecule has 1 aromatic carbocycles. The monoisotopic (exact) mass is 271 g/mol. The number of carbonyl (C=O) groups is 1. The number of rotatable bonds is 4. The van der Waals surface area contributed by atoms with Crippen molar-refractivity contribution in [2.24, 2.45) is 0 Å². The van der Waals surface area contributed by atoms with Gasteiger partial charge in [-0.05, 0) is 37.1 Å². The molecule has 4 nitrogen and oxygen atoms in total. The van der Waals surface area contributed by atoms with Gasteiger partial charge in [0, 0.05) is 4.90 Å². The minimum atomic E-state index is -0.670. The van der Waals surface area contributed by atoms with Crippen LogP contribution in [-0.4, -0.2) is 31.8 Å². The smallest absolute Gasteiger partial charge is 0.340 e. The fourth-order valence-corrected chi connectivity index (χ4v) is 2.26. The van der Waals surface area contributed by atoms with Gasteiger partial charge >= 0.3 is 5.97 Å². The molecule has 0 saturated carbocycles. The Labute approximate surface area is 109 Å². The zero-order valence-electron chi connectivity index (χ0n) is 10.2. The maximum atomic E-state index is 13.6. The number of benzene rings is 1. The predicted octanol–water partition coefficient (Wildman–Crippen LogP) is 2.00. The molecule has 1 N–H and O–H groups in total. The standard InChI is InChI=1S/C12H14FNO3S/c1-12(6-17-7-12)14-18-8-3-4-9(10(13)5-8)11(15)16-2/h3-5,14H,6-7H2,1-2H3. The summed E-state index contributed by atoms with van der Waals surface area (Å²) >= 11 is 1.32. The molecule has 1 aliphatic heterocycles. The summed E-state index contributed by atoms with van der Waals surface area (Å²) in [5.74, 6) is -1.25. The van der Waals surface area contributed by atoms with Crippen molar-refractivity contribution in [2.45, 2.75) is 17.4 Å². The molecule has 2 rings (SSSR count). The molecule has 98 valence electrons. The summed E-state index contributed by atoms with van der Waals surface area (Å²) in [6.07, 6.45) is 0. The summed E-state index contributed by atoms with van der Waals surface area (Å²) in [4.78, 5) is 11.9. The van der Waals surface area contributed by atoms with E-state index in [-0.39, 0.29) is 11.1 Å². The van der Waals surface area contributed by atoms with Crippen LogP contribution >= 0.6 is 11.9 Å². The summed E-state index contributed by atoms with van der Waals surface area (Å²) < 4.78 is 26.4. The fraction of sp³-hybridized carbons (Fsp3) is 0.417. The minimum Gasteiger partial charge on any atom is -0.465 e. The average molecular weight is 271 g/mol. The molecule has 0 aromatic heterocycles. The third kappa shape index (κ3) is 2.82. The van der Waals surface area contributed by atoms with Crippen LogP contribution in [0.5, 0.6) is 0 Å². The van der Waals surface area contributed by atoms with Gasteiger partial charge in [0.25, 0.3) is 0 Å². The van der Waals surface area contributed by atoms with E-state index < -0.39 is 11.8 Å². The summed E-state index contributed by atoms with van der Waals surface area (Å²) in [7, 11) is 1.23. The Morgan fingerprint density at radius 2 is 2.28 bits per heavy atom. The molecule has 1 saturated heterocycles. The van der Waals surface area contributed by atoms with E-state index in [0.717, 1.165) is 0 Å². The summed E-state index contributed by atoms with van der Waals surface area (Å²) in [5, 5.41) is 0. The van der Waals surface area contributed by atoms with Crippen LogP contribution in [0.2, 0.25) is 0 Å². The van der Waals surface area contributed by atoms with Gasteiger partial charge in [0.2, 0.25) is 0 Å². The van der Waals surface area contributed by atoms with Gasteiger partial charge in [0.05, 0.1) is 31.4 Å². The second-order valence-electron chi connectivity index (χ2n) is 4.39. The van der Waals surface area contributed by atoms with Gasteiger partial charge in [-0.3, -0.25) is 0 Å². The van der Waals surface area contributed by atoms with Gasteiger partial charge in [-0.2, -0.15) is 0 Å². The average Bonchev–Trinajstić information content (AvgIpc) is 2.33. The van der Waals surface area contributed by atoms with E-state index >= 15 is 0 Å². The number of ether oxygens (including phenoxy) is 2. The molecule has 1 aliphatic rings. The van der Waals surface area contributed by atoms with Crippen LogP contribution in [0.15, 0.2) is 23.1 Å². The van der Waals surface area contributed by atoms with Crippen LogP contribution in [-0.2, 0) is 9.47 Å². The second-order valence-corrected chi connectivity index (χ2v) is 5.27. The zero-order valence-corrected chi connectivity index (χ0v) is 11.0. The van der Waals surface area contributed by atoms with Gasteiger partial charge < -0.3 is 9.47 Å². The number of methoxy groups -OCH3 is 1. The largest absolute Gasteiger partial charge is 0.465 e. The number of hydrogen-bond acceptors (Lipinski definition) is 5. The molecular formula is C12H14FNO3S. The van der Waals surface area contributed by atoms with Gasteiger partial charge in [-0.25, -0.2) is 13.9 Å². The number of carbonyl (C=O) groups excluding carboxylic acids is 1. The highest BCUT2D eigenvalue weighted by atomic mass is 32.2. The van der Waals surface area contributed by atoms with Crippen molar-refractivity contribution in [1.29, 1.82) is 0 Å². The van der Waals surface area contributed by atoms with Crippen LogP contribution in [0.4, 0.5) is 4.39 Å². The van der Waals surface area contributed by atoms with Crippen molar-refractivity contribution in [3.8, 4) is 0 Å². The quantitative estimate of drug-likeness (QED) is 0.670. The Balaban J connectivity index is 2.02. The molecule has 0 spiro atoms. The van der Waals surface area contributed by atoms with E-state index in [1.54, 1.807) is 6.07 Å². The molecule has 1 fully saturated rings. The van der Waals surface area contributed by atoms with E-state index in [1.807, 2.05) is 6.92 Å². The number of nitrogens with one attached hydrogen (secondary N) is 1. The molecule has 0 amide bonds. The lowest BCUT2D eigenvalue weighted by Crippen LogP contribution is -2.55. The lowest BCUT2D eigenvalue weighted by molar-refractivity contribution is -0.0510. The topological polar surface area (TPSA) is 47.6 Å². The highest BCUT2D eigenvalue weighted by molar-refractivity contribution is 7.97. The molecule has 0 bridgehead atoms. The van der Waals surface area contributed by atoms with Crippen molar-refractivity contribution in [2.75, 3.05) is 20.3 Å². The molecular weight excluding hydrogens is 257 g/mol. The maximum absolute atomic E-state index is 13.6. The Morgan fingerprint density at radius 1 is 1.56 bits per heavy atom. The van der Waals surface area contributed by atoms with Crippen LogP contribution < -0.4 is 4.72 Å². The molecule has 0 atom stereocenters. The number of hydrogen-bond donors (Lipinski definition) is 1. The molecule has 6 heteroatoms. The second kappa shape index (κ2) is 5.26. The van der Waals surface area contributed by atoms with Crippen LogP contribution in [0.3, 0.4) is 0 Å². The molecule has 18 heavy (non-hydrogen) atoms. The van der Waals surface area contributed by atoms with E-state index in [2.05, 4.69) is 9.46 Å². The van der Waals surface area contributed by atoms with E-state index in [9.17, 15) is 9.18 Å². The Bertz CT molecular complexity index is 463. The summed E-state index contributed by atoms with van der Waals surface area (Å²) in [6.45, 7) is 3.31. The predicted molar refractivity (Wildman–Crippen MR) is 66.0 cm³/mol. The van der Waals surface area contributed by atoms with Crippen molar-refractivity contribution in [1.82, 2.24) is 4.72 Å². The SMILES string of the molecule is COC(=O)c1ccc(SNC2(C)COC2)cc1F. The fourth-order valence-electron chi connectivity index (χ4n) is 1.48. The van der Waals surface area contributed by atoms with Crippen LogP contribution in [0.1, 0.15) is 17.3 Å². The first-order valence-corrected chi connectivity index (χ1v) is 6.25. The van der Waals surface area contributed by atoms with E-state index in [0.29, 0.717) is 18.1 Å². The minimum absolute atomic E-state index is 0.0555. The third-order valence-corrected chi connectivity index (χ3v) is 3.69. The lowest BCUT2D eigenvalue weighted by Gasteiger charge is -2.38. The van der Waals surface area contributed by atoms with E-state index in [1.165, 1.54) is 31.2 Å². The normalized spacial score (nSPS) is 17.1. The summed E-state index contributed by atoms with van der Waals surface area (Å²) in [6, 6.07) is 4.41. The molecule has 0 aliphatic carbocycles. The number of esters is 1. The first kappa shape index (κ1) is 13.3. The number of halogens is 1. The highest BCUT2D eigenvalue weighted by Crippen LogP contribution is 2.25. The lowest BCUT2D eigenvalue weighted by atomic mass is 10.0. The Morgan fingerprint density at radius 3 is 2.78 bits per heavy atom. The van der Waals surface area contributed by atoms with E-state index in [4.69, 9.17) is 4.74 Å². The maximum Gasteiger partial charge on any atom is 0.340 e. The molecule has 0 radical (unpaired) electrons. The van der Waals surface area contributed by atoms with Gasteiger partial charge in [0.1, 0.15) is 5.82 Å². The molecule has 1 heterocycles. The van der Waals surface area contributed by atoms with Gasteiger partial charge in [0.15, 0.2) is 0 Å². The van der Waals surface area contributed by atoms with Crippen molar-refractivity contribution in [3.05, 3.63) is 29.6 Å². The van der Waals surface area contributed by atoms with Crippen molar-refractivity contribution in [3.63, 3.8) is 0 Å². The van der Waals surface area contributed by atoms with Gasteiger partial charge in [-0.1, -0.05) is 0 Å².